The zero-order valence-corrected chi connectivity index (χ0v) is 13.7. The van der Waals surface area contributed by atoms with Crippen molar-refractivity contribution in [2.45, 2.75) is 26.2 Å². The van der Waals surface area contributed by atoms with Crippen molar-refractivity contribution >= 4 is 23.6 Å². The number of hydrogen-bond acceptors (Lipinski definition) is 3. The van der Waals surface area contributed by atoms with Gasteiger partial charge in [0.15, 0.2) is 0 Å². The minimum Gasteiger partial charge on any atom is -0.481 e. The van der Waals surface area contributed by atoms with Crippen LogP contribution in [0.3, 0.4) is 0 Å². The molecular formula is C17H23NO3S. The second-order valence-electron chi connectivity index (χ2n) is 5.86. The van der Waals surface area contributed by atoms with Gasteiger partial charge in [0.05, 0.1) is 5.92 Å². The standard InChI is InChI=1S/C17H23NO3S/c1-12-3-2-4-13(9-12)10-15(17(20)21)11-18-16(19)14-5-7-22-8-6-14/h2-4,9,14-15H,5-8,10-11H2,1H3,(H,18,19)(H,20,21). The SMILES string of the molecule is Cc1cccc(CC(CNC(=O)C2CCSCC2)C(=O)O)c1. The summed E-state index contributed by atoms with van der Waals surface area (Å²) in [6.45, 7) is 2.19. The molecule has 1 heterocycles. The Kier molecular flexibility index (Phi) is 6.31. The second kappa shape index (κ2) is 8.22. The van der Waals surface area contributed by atoms with Crippen molar-refractivity contribution in [3.8, 4) is 0 Å². The first kappa shape index (κ1) is 16.9. The summed E-state index contributed by atoms with van der Waals surface area (Å²) < 4.78 is 0. The van der Waals surface area contributed by atoms with E-state index in [4.69, 9.17) is 0 Å². The molecule has 1 atom stereocenters. The van der Waals surface area contributed by atoms with E-state index in [1.165, 1.54) is 0 Å². The molecule has 0 radical (unpaired) electrons. The Morgan fingerprint density at radius 2 is 2.09 bits per heavy atom. The number of carbonyl (C=O) groups excluding carboxylic acids is 1. The number of thioether (sulfide) groups is 1. The maximum atomic E-state index is 12.1. The first-order chi connectivity index (χ1) is 10.6. The molecule has 2 rings (SSSR count). The third kappa shape index (κ3) is 5.05. The van der Waals surface area contributed by atoms with E-state index >= 15 is 0 Å². The highest BCUT2D eigenvalue weighted by atomic mass is 32.2. The molecule has 1 saturated heterocycles. The predicted molar refractivity (Wildman–Crippen MR) is 89.1 cm³/mol. The monoisotopic (exact) mass is 321 g/mol. The molecule has 0 spiro atoms. The molecule has 120 valence electrons. The lowest BCUT2D eigenvalue weighted by Gasteiger charge is -2.21. The van der Waals surface area contributed by atoms with Gasteiger partial charge in [-0.1, -0.05) is 29.8 Å². The van der Waals surface area contributed by atoms with E-state index in [1.54, 1.807) is 0 Å². The number of amides is 1. The normalized spacial score (nSPS) is 17.0. The van der Waals surface area contributed by atoms with Gasteiger partial charge in [0.25, 0.3) is 0 Å². The van der Waals surface area contributed by atoms with E-state index in [-0.39, 0.29) is 18.4 Å². The first-order valence-electron chi connectivity index (χ1n) is 7.70. The van der Waals surface area contributed by atoms with E-state index in [0.717, 1.165) is 35.5 Å². The second-order valence-corrected chi connectivity index (χ2v) is 7.08. The summed E-state index contributed by atoms with van der Waals surface area (Å²) >= 11 is 1.87. The number of aliphatic carboxylic acids is 1. The van der Waals surface area contributed by atoms with Gasteiger partial charge in [0.2, 0.25) is 5.91 Å². The fourth-order valence-electron chi connectivity index (χ4n) is 2.70. The number of hydrogen-bond donors (Lipinski definition) is 2. The molecule has 22 heavy (non-hydrogen) atoms. The molecule has 1 unspecified atom stereocenters. The number of benzene rings is 1. The van der Waals surface area contributed by atoms with Gasteiger partial charge in [-0.3, -0.25) is 9.59 Å². The van der Waals surface area contributed by atoms with Gasteiger partial charge >= 0.3 is 5.97 Å². The number of carbonyl (C=O) groups is 2. The van der Waals surface area contributed by atoms with Crippen LogP contribution >= 0.6 is 11.8 Å². The summed E-state index contributed by atoms with van der Waals surface area (Å²) in [7, 11) is 0. The average molecular weight is 321 g/mol. The Labute approximate surface area is 135 Å². The van der Waals surface area contributed by atoms with Gasteiger partial charge in [-0.05, 0) is 43.3 Å². The first-order valence-corrected chi connectivity index (χ1v) is 8.85. The molecule has 2 N–H and O–H groups in total. The van der Waals surface area contributed by atoms with Crippen LogP contribution in [0.5, 0.6) is 0 Å². The van der Waals surface area contributed by atoms with Crippen LogP contribution in [-0.4, -0.2) is 35.0 Å². The molecule has 1 aromatic rings. The fraction of sp³-hybridized carbons (Fsp3) is 0.529. The molecule has 5 heteroatoms. The number of nitrogens with one attached hydrogen (secondary N) is 1. The van der Waals surface area contributed by atoms with Gasteiger partial charge in [-0.15, -0.1) is 0 Å². The maximum absolute atomic E-state index is 12.1. The molecule has 1 fully saturated rings. The summed E-state index contributed by atoms with van der Waals surface area (Å²) in [6.07, 6.45) is 2.23. The average Bonchev–Trinajstić information content (AvgIpc) is 2.51. The predicted octanol–water partition coefficient (Wildman–Crippen LogP) is 2.50. The van der Waals surface area contributed by atoms with Crippen LogP contribution in [0.4, 0.5) is 0 Å². The summed E-state index contributed by atoms with van der Waals surface area (Å²) in [4.78, 5) is 23.5. The number of rotatable bonds is 6. The Bertz CT molecular complexity index is 526. The largest absolute Gasteiger partial charge is 0.481 e. The number of aryl methyl sites for hydroxylation is 1. The van der Waals surface area contributed by atoms with Gasteiger partial charge < -0.3 is 10.4 Å². The molecule has 4 nitrogen and oxygen atoms in total. The van der Waals surface area contributed by atoms with Gasteiger partial charge in [-0.25, -0.2) is 0 Å². The summed E-state index contributed by atoms with van der Waals surface area (Å²) in [6, 6.07) is 7.85. The van der Waals surface area contributed by atoms with Crippen LogP contribution in [0, 0.1) is 18.8 Å². The number of carboxylic acid groups (broad SMARTS) is 1. The Balaban J connectivity index is 1.88. The Morgan fingerprint density at radius 3 is 2.73 bits per heavy atom. The maximum Gasteiger partial charge on any atom is 0.308 e. The molecule has 0 saturated carbocycles. The molecule has 0 aromatic heterocycles. The van der Waals surface area contributed by atoms with Crippen molar-refractivity contribution in [1.29, 1.82) is 0 Å². The Morgan fingerprint density at radius 1 is 1.36 bits per heavy atom. The van der Waals surface area contributed by atoms with E-state index < -0.39 is 11.9 Å². The van der Waals surface area contributed by atoms with Crippen LogP contribution in [0.1, 0.15) is 24.0 Å². The van der Waals surface area contributed by atoms with Crippen LogP contribution in [0.25, 0.3) is 0 Å². The van der Waals surface area contributed by atoms with Crippen LogP contribution in [0.15, 0.2) is 24.3 Å². The van der Waals surface area contributed by atoms with Crippen molar-refractivity contribution in [3.63, 3.8) is 0 Å². The molecule has 0 aliphatic carbocycles. The van der Waals surface area contributed by atoms with Gasteiger partial charge in [-0.2, -0.15) is 11.8 Å². The highest BCUT2D eigenvalue weighted by Gasteiger charge is 2.24. The quantitative estimate of drug-likeness (QED) is 0.845. The van der Waals surface area contributed by atoms with E-state index in [9.17, 15) is 14.7 Å². The number of carboxylic acids is 1. The van der Waals surface area contributed by atoms with Crippen LogP contribution in [0.2, 0.25) is 0 Å². The molecule has 1 aliphatic rings. The lowest BCUT2D eigenvalue weighted by Crippen LogP contribution is -2.38. The van der Waals surface area contributed by atoms with Gasteiger partial charge in [0, 0.05) is 12.5 Å². The Hall–Kier alpha value is -1.49. The summed E-state index contributed by atoms with van der Waals surface area (Å²) in [5.74, 6) is 0.656. The summed E-state index contributed by atoms with van der Waals surface area (Å²) in [5, 5.41) is 12.2. The summed E-state index contributed by atoms with van der Waals surface area (Å²) in [5.41, 5.74) is 2.11. The molecule has 1 aromatic carbocycles. The van der Waals surface area contributed by atoms with Crippen molar-refractivity contribution < 1.29 is 14.7 Å². The molecule has 0 bridgehead atoms. The smallest absolute Gasteiger partial charge is 0.308 e. The molecule has 1 aliphatic heterocycles. The lowest BCUT2D eigenvalue weighted by atomic mass is 9.97. The van der Waals surface area contributed by atoms with E-state index in [0.29, 0.717) is 6.42 Å². The van der Waals surface area contributed by atoms with Crippen molar-refractivity contribution in [1.82, 2.24) is 5.32 Å². The molecule has 1 amide bonds. The molecular weight excluding hydrogens is 298 g/mol. The topological polar surface area (TPSA) is 66.4 Å². The van der Waals surface area contributed by atoms with Crippen molar-refractivity contribution in [2.75, 3.05) is 18.1 Å². The van der Waals surface area contributed by atoms with E-state index in [2.05, 4.69) is 5.32 Å². The van der Waals surface area contributed by atoms with Crippen molar-refractivity contribution in [3.05, 3.63) is 35.4 Å². The van der Waals surface area contributed by atoms with Crippen LogP contribution in [-0.2, 0) is 16.0 Å². The van der Waals surface area contributed by atoms with Crippen LogP contribution < -0.4 is 5.32 Å². The highest BCUT2D eigenvalue weighted by Crippen LogP contribution is 2.22. The third-order valence-electron chi connectivity index (χ3n) is 4.03. The van der Waals surface area contributed by atoms with Gasteiger partial charge in [0.1, 0.15) is 0 Å². The fourth-order valence-corrected chi connectivity index (χ4v) is 3.80. The minimum atomic E-state index is -0.860. The van der Waals surface area contributed by atoms with E-state index in [1.807, 2.05) is 43.0 Å². The highest BCUT2D eigenvalue weighted by molar-refractivity contribution is 7.99. The minimum absolute atomic E-state index is 0.00999. The zero-order chi connectivity index (χ0) is 15.9. The third-order valence-corrected chi connectivity index (χ3v) is 5.08. The van der Waals surface area contributed by atoms with Crippen molar-refractivity contribution in [2.24, 2.45) is 11.8 Å². The lowest BCUT2D eigenvalue weighted by molar-refractivity contribution is -0.141. The zero-order valence-electron chi connectivity index (χ0n) is 12.9.